The highest BCUT2D eigenvalue weighted by Crippen LogP contribution is 2.23. The van der Waals surface area contributed by atoms with Gasteiger partial charge in [0.1, 0.15) is 5.82 Å². The average molecular weight is 203 g/mol. The van der Waals surface area contributed by atoms with Gasteiger partial charge in [-0.25, -0.2) is 4.39 Å². The molecule has 1 N–H and O–H groups in total. The summed E-state index contributed by atoms with van der Waals surface area (Å²) in [5.74, 6) is -0.441. The fourth-order valence-corrected chi connectivity index (χ4v) is 1.34. The van der Waals surface area contributed by atoms with Crippen molar-refractivity contribution in [2.75, 3.05) is 0 Å². The maximum Gasteiger partial charge on any atom is 0.142 e. The molecule has 0 aromatic heterocycles. The summed E-state index contributed by atoms with van der Waals surface area (Å²) in [4.78, 5) is 0. The van der Waals surface area contributed by atoms with Crippen LogP contribution in [0.3, 0.4) is 0 Å². The Morgan fingerprint density at radius 2 is 2.08 bits per heavy atom. The molecule has 1 aromatic carbocycles. The summed E-state index contributed by atoms with van der Waals surface area (Å²) in [6, 6.07) is 4.60. The fourth-order valence-electron chi connectivity index (χ4n) is 1.15. The zero-order valence-corrected chi connectivity index (χ0v) is 8.40. The minimum Gasteiger partial charge on any atom is -0.390 e. The summed E-state index contributed by atoms with van der Waals surface area (Å²) < 4.78 is 12.9. The van der Waals surface area contributed by atoms with Gasteiger partial charge in [0.15, 0.2) is 0 Å². The van der Waals surface area contributed by atoms with E-state index in [1.54, 1.807) is 26.0 Å². The largest absolute Gasteiger partial charge is 0.390 e. The molecule has 0 radical (unpaired) electrons. The quantitative estimate of drug-likeness (QED) is 0.782. The number of aliphatic hydroxyl groups is 1. The van der Waals surface area contributed by atoms with Gasteiger partial charge in [0.25, 0.3) is 0 Å². The SMILES string of the molecule is CC(C)(O)Cc1cccc(F)c1Cl. The number of hydrogen-bond acceptors (Lipinski definition) is 1. The van der Waals surface area contributed by atoms with Crippen LogP contribution in [0.15, 0.2) is 18.2 Å². The van der Waals surface area contributed by atoms with Crippen molar-refractivity contribution in [3.63, 3.8) is 0 Å². The maximum atomic E-state index is 12.9. The molecule has 0 atom stereocenters. The third kappa shape index (κ3) is 2.98. The molecule has 0 amide bonds. The lowest BCUT2D eigenvalue weighted by Crippen LogP contribution is -2.22. The molecular formula is C10H12ClFO. The molecule has 0 aliphatic rings. The van der Waals surface area contributed by atoms with Gasteiger partial charge in [-0.15, -0.1) is 0 Å². The Hall–Kier alpha value is -0.600. The van der Waals surface area contributed by atoms with Crippen molar-refractivity contribution in [1.29, 1.82) is 0 Å². The first-order valence-electron chi connectivity index (χ1n) is 4.05. The minimum absolute atomic E-state index is 0.102. The van der Waals surface area contributed by atoms with Crippen LogP contribution in [-0.2, 0) is 6.42 Å². The monoisotopic (exact) mass is 202 g/mol. The van der Waals surface area contributed by atoms with Gasteiger partial charge in [-0.3, -0.25) is 0 Å². The van der Waals surface area contributed by atoms with E-state index in [9.17, 15) is 9.50 Å². The number of hydrogen-bond donors (Lipinski definition) is 1. The fraction of sp³-hybridized carbons (Fsp3) is 0.400. The summed E-state index contributed by atoms with van der Waals surface area (Å²) in [5, 5.41) is 9.61. The Balaban J connectivity index is 2.96. The Kier molecular flexibility index (Phi) is 2.94. The van der Waals surface area contributed by atoms with Gasteiger partial charge in [-0.1, -0.05) is 23.7 Å². The van der Waals surface area contributed by atoms with Gasteiger partial charge in [0.2, 0.25) is 0 Å². The zero-order valence-electron chi connectivity index (χ0n) is 7.64. The van der Waals surface area contributed by atoms with Crippen LogP contribution in [0.1, 0.15) is 19.4 Å². The van der Waals surface area contributed by atoms with E-state index in [2.05, 4.69) is 0 Å². The minimum atomic E-state index is -0.864. The molecule has 0 aliphatic carbocycles. The van der Waals surface area contributed by atoms with Gasteiger partial charge in [0, 0.05) is 6.42 Å². The van der Waals surface area contributed by atoms with Gasteiger partial charge in [0.05, 0.1) is 10.6 Å². The first-order valence-corrected chi connectivity index (χ1v) is 4.43. The highest BCUT2D eigenvalue weighted by atomic mass is 35.5. The van der Waals surface area contributed by atoms with Gasteiger partial charge < -0.3 is 5.11 Å². The molecule has 3 heteroatoms. The standard InChI is InChI=1S/C10H12ClFO/c1-10(2,13)6-7-4-3-5-8(12)9(7)11/h3-5,13H,6H2,1-2H3. The van der Waals surface area contributed by atoms with Crippen molar-refractivity contribution in [2.45, 2.75) is 25.9 Å². The molecule has 0 saturated carbocycles. The van der Waals surface area contributed by atoms with Crippen LogP contribution in [-0.4, -0.2) is 10.7 Å². The van der Waals surface area contributed by atoms with E-state index in [4.69, 9.17) is 11.6 Å². The molecule has 0 heterocycles. The van der Waals surface area contributed by atoms with E-state index < -0.39 is 11.4 Å². The van der Waals surface area contributed by atoms with Gasteiger partial charge >= 0.3 is 0 Å². The molecule has 1 nitrogen and oxygen atoms in total. The predicted molar refractivity (Wildman–Crippen MR) is 51.4 cm³/mol. The molecule has 13 heavy (non-hydrogen) atoms. The van der Waals surface area contributed by atoms with E-state index in [1.165, 1.54) is 6.07 Å². The van der Waals surface area contributed by atoms with Gasteiger partial charge in [-0.2, -0.15) is 0 Å². The van der Waals surface area contributed by atoms with Crippen LogP contribution in [0.4, 0.5) is 4.39 Å². The molecule has 0 spiro atoms. The third-order valence-corrected chi connectivity index (χ3v) is 2.08. The topological polar surface area (TPSA) is 20.2 Å². The molecule has 72 valence electrons. The zero-order chi connectivity index (χ0) is 10.1. The highest BCUT2D eigenvalue weighted by molar-refractivity contribution is 6.31. The number of rotatable bonds is 2. The van der Waals surface area contributed by atoms with Crippen molar-refractivity contribution in [3.05, 3.63) is 34.6 Å². The number of halogens is 2. The van der Waals surface area contributed by atoms with E-state index >= 15 is 0 Å². The summed E-state index contributed by atoms with van der Waals surface area (Å²) in [5.41, 5.74) is -0.230. The Labute approximate surface area is 82.2 Å². The van der Waals surface area contributed by atoms with Crippen LogP contribution in [0.25, 0.3) is 0 Å². The lowest BCUT2D eigenvalue weighted by Gasteiger charge is -2.17. The van der Waals surface area contributed by atoms with Crippen molar-refractivity contribution < 1.29 is 9.50 Å². The Morgan fingerprint density at radius 3 is 2.62 bits per heavy atom. The molecule has 0 unspecified atom stereocenters. The second-order valence-corrected chi connectivity index (χ2v) is 4.08. The highest BCUT2D eigenvalue weighted by Gasteiger charge is 2.16. The van der Waals surface area contributed by atoms with Crippen molar-refractivity contribution in [1.82, 2.24) is 0 Å². The van der Waals surface area contributed by atoms with Crippen molar-refractivity contribution >= 4 is 11.6 Å². The summed E-state index contributed by atoms with van der Waals surface area (Å²) >= 11 is 5.71. The van der Waals surface area contributed by atoms with Crippen molar-refractivity contribution in [3.8, 4) is 0 Å². The van der Waals surface area contributed by atoms with Crippen molar-refractivity contribution in [2.24, 2.45) is 0 Å². The second-order valence-electron chi connectivity index (χ2n) is 3.70. The molecule has 1 rings (SSSR count). The van der Waals surface area contributed by atoms with E-state index in [1.807, 2.05) is 0 Å². The molecule has 0 bridgehead atoms. The molecule has 0 saturated heterocycles. The smallest absolute Gasteiger partial charge is 0.142 e. The van der Waals surface area contributed by atoms with Crippen LogP contribution in [0.5, 0.6) is 0 Å². The molecule has 0 fully saturated rings. The Morgan fingerprint density at radius 1 is 1.46 bits per heavy atom. The van der Waals surface area contributed by atoms with Crippen LogP contribution in [0.2, 0.25) is 5.02 Å². The molecular weight excluding hydrogens is 191 g/mol. The second kappa shape index (κ2) is 3.64. The maximum absolute atomic E-state index is 12.9. The summed E-state index contributed by atoms with van der Waals surface area (Å²) in [6.45, 7) is 3.32. The van der Waals surface area contributed by atoms with Gasteiger partial charge in [-0.05, 0) is 25.5 Å². The average Bonchev–Trinajstić information content (AvgIpc) is 1.96. The first kappa shape index (κ1) is 10.5. The van der Waals surface area contributed by atoms with E-state index in [0.717, 1.165) is 0 Å². The Bertz CT molecular complexity index is 304. The molecule has 0 aliphatic heterocycles. The lowest BCUT2D eigenvalue weighted by molar-refractivity contribution is 0.0809. The predicted octanol–water partition coefficient (Wildman–Crippen LogP) is 2.79. The van der Waals surface area contributed by atoms with Crippen LogP contribution in [0, 0.1) is 5.82 Å². The normalized spacial score (nSPS) is 11.8. The molecule has 1 aromatic rings. The van der Waals surface area contributed by atoms with E-state index in [0.29, 0.717) is 12.0 Å². The first-order chi connectivity index (χ1) is 5.90. The van der Waals surface area contributed by atoms with E-state index in [-0.39, 0.29) is 5.02 Å². The third-order valence-electron chi connectivity index (χ3n) is 1.65. The number of benzene rings is 1. The van der Waals surface area contributed by atoms with Crippen LogP contribution < -0.4 is 0 Å². The summed E-state index contributed by atoms with van der Waals surface area (Å²) in [6.07, 6.45) is 0.351. The summed E-state index contributed by atoms with van der Waals surface area (Å²) in [7, 11) is 0. The lowest BCUT2D eigenvalue weighted by atomic mass is 9.99. The van der Waals surface area contributed by atoms with Crippen LogP contribution >= 0.6 is 11.6 Å².